The lowest BCUT2D eigenvalue weighted by Crippen LogP contribution is -2.12. The fourth-order valence-corrected chi connectivity index (χ4v) is 2.11. The molecule has 0 saturated heterocycles. The van der Waals surface area contributed by atoms with Crippen LogP contribution in [0.5, 0.6) is 0 Å². The van der Waals surface area contributed by atoms with E-state index in [0.717, 1.165) is 6.07 Å². The van der Waals surface area contributed by atoms with Crippen molar-refractivity contribution < 1.29 is 13.2 Å². The van der Waals surface area contributed by atoms with Gasteiger partial charge in [0, 0.05) is 6.54 Å². The van der Waals surface area contributed by atoms with Crippen molar-refractivity contribution in [2.45, 2.75) is 12.7 Å². The van der Waals surface area contributed by atoms with Crippen molar-refractivity contribution in [3.8, 4) is 0 Å². The average molecular weight is 308 g/mol. The van der Waals surface area contributed by atoms with Crippen molar-refractivity contribution in [2.24, 2.45) is 0 Å². The van der Waals surface area contributed by atoms with Crippen LogP contribution in [0.4, 0.5) is 24.9 Å². The molecule has 3 aromatic rings. The standard InChI is InChI=1S/C13H11F3N6/c14-13(15,16)8-4-2-1-3-7(8)5-18-10-9-11(20-6-19-9)22-12(17)21-10/h1-4,6H,5H2,(H4,17,18,19,20,21,22). The maximum absolute atomic E-state index is 13.0. The number of alkyl halides is 3. The molecule has 0 spiro atoms. The molecule has 0 saturated carbocycles. The zero-order chi connectivity index (χ0) is 15.7. The summed E-state index contributed by atoms with van der Waals surface area (Å²) in [5.41, 5.74) is 5.81. The molecule has 1 aromatic carbocycles. The van der Waals surface area contributed by atoms with Crippen LogP contribution in [0.2, 0.25) is 0 Å². The van der Waals surface area contributed by atoms with Crippen LogP contribution in [0.3, 0.4) is 0 Å². The van der Waals surface area contributed by atoms with Gasteiger partial charge in [0.2, 0.25) is 5.95 Å². The Hall–Kier alpha value is -2.84. The summed E-state index contributed by atoms with van der Waals surface area (Å²) in [7, 11) is 0. The Morgan fingerprint density at radius 3 is 2.73 bits per heavy atom. The van der Waals surface area contributed by atoms with Crippen LogP contribution >= 0.6 is 0 Å². The van der Waals surface area contributed by atoms with Gasteiger partial charge in [-0.3, -0.25) is 0 Å². The van der Waals surface area contributed by atoms with Gasteiger partial charge < -0.3 is 16.0 Å². The predicted molar refractivity (Wildman–Crippen MR) is 74.9 cm³/mol. The molecule has 4 N–H and O–H groups in total. The highest BCUT2D eigenvalue weighted by molar-refractivity contribution is 5.83. The smallest absolute Gasteiger partial charge is 0.368 e. The second kappa shape index (κ2) is 5.17. The van der Waals surface area contributed by atoms with Crippen molar-refractivity contribution >= 4 is 22.9 Å². The molecule has 6 nitrogen and oxygen atoms in total. The number of H-pyrrole nitrogens is 1. The number of hydrogen-bond acceptors (Lipinski definition) is 5. The van der Waals surface area contributed by atoms with Gasteiger partial charge >= 0.3 is 6.18 Å². The van der Waals surface area contributed by atoms with Gasteiger partial charge in [-0.05, 0) is 11.6 Å². The number of nitrogens with zero attached hydrogens (tertiary/aromatic N) is 3. The van der Waals surface area contributed by atoms with E-state index < -0.39 is 11.7 Å². The molecular weight excluding hydrogens is 297 g/mol. The maximum Gasteiger partial charge on any atom is 0.416 e. The van der Waals surface area contributed by atoms with Gasteiger partial charge in [-0.15, -0.1) is 0 Å². The van der Waals surface area contributed by atoms with E-state index in [9.17, 15) is 13.2 Å². The van der Waals surface area contributed by atoms with Crippen LogP contribution in [-0.4, -0.2) is 19.9 Å². The summed E-state index contributed by atoms with van der Waals surface area (Å²) in [4.78, 5) is 14.7. The van der Waals surface area contributed by atoms with Gasteiger partial charge in [0.15, 0.2) is 11.5 Å². The van der Waals surface area contributed by atoms with Gasteiger partial charge in [-0.25, -0.2) is 4.98 Å². The average Bonchev–Trinajstić information content (AvgIpc) is 2.92. The lowest BCUT2D eigenvalue weighted by atomic mass is 10.1. The van der Waals surface area contributed by atoms with Crippen molar-refractivity contribution in [2.75, 3.05) is 11.1 Å². The first-order valence-electron chi connectivity index (χ1n) is 6.30. The van der Waals surface area contributed by atoms with Crippen molar-refractivity contribution in [1.82, 2.24) is 19.9 Å². The Labute approximate surface area is 122 Å². The van der Waals surface area contributed by atoms with E-state index in [0.29, 0.717) is 17.0 Å². The minimum atomic E-state index is -4.41. The Kier molecular flexibility index (Phi) is 3.32. The number of nitrogen functional groups attached to an aromatic ring is 1. The Morgan fingerprint density at radius 2 is 1.95 bits per heavy atom. The van der Waals surface area contributed by atoms with E-state index in [1.807, 2.05) is 0 Å². The Bertz CT molecular complexity index is 811. The van der Waals surface area contributed by atoms with Crippen LogP contribution in [0.25, 0.3) is 11.2 Å². The summed E-state index contributed by atoms with van der Waals surface area (Å²) < 4.78 is 38.9. The second-order valence-electron chi connectivity index (χ2n) is 4.54. The number of halogens is 3. The topological polar surface area (TPSA) is 92.5 Å². The highest BCUT2D eigenvalue weighted by atomic mass is 19.4. The van der Waals surface area contributed by atoms with Crippen LogP contribution in [0, 0.1) is 0 Å². The molecule has 0 atom stereocenters. The lowest BCUT2D eigenvalue weighted by molar-refractivity contribution is -0.138. The highest BCUT2D eigenvalue weighted by Gasteiger charge is 2.32. The van der Waals surface area contributed by atoms with Crippen LogP contribution in [0.1, 0.15) is 11.1 Å². The molecule has 114 valence electrons. The number of fused-ring (bicyclic) bond motifs is 1. The number of hydrogen-bond donors (Lipinski definition) is 3. The zero-order valence-electron chi connectivity index (χ0n) is 11.1. The first-order chi connectivity index (χ1) is 10.4. The molecule has 3 rings (SSSR count). The summed E-state index contributed by atoms with van der Waals surface area (Å²) in [6.45, 7) is -0.0553. The largest absolute Gasteiger partial charge is 0.416 e. The van der Waals surface area contributed by atoms with E-state index in [-0.39, 0.29) is 18.1 Å². The van der Waals surface area contributed by atoms with E-state index in [1.54, 1.807) is 6.07 Å². The number of imidazole rings is 1. The van der Waals surface area contributed by atoms with Gasteiger partial charge in [0.1, 0.15) is 5.52 Å². The normalized spacial score (nSPS) is 11.8. The third-order valence-corrected chi connectivity index (χ3v) is 3.07. The zero-order valence-corrected chi connectivity index (χ0v) is 11.1. The van der Waals surface area contributed by atoms with Gasteiger partial charge in [0.25, 0.3) is 0 Å². The molecule has 0 amide bonds. The van der Waals surface area contributed by atoms with Crippen LogP contribution in [0.15, 0.2) is 30.6 Å². The van der Waals surface area contributed by atoms with Gasteiger partial charge in [0.05, 0.1) is 11.9 Å². The lowest BCUT2D eigenvalue weighted by Gasteiger charge is -2.13. The molecule has 9 heteroatoms. The minimum absolute atomic E-state index is 0.00814. The molecule has 0 unspecified atom stereocenters. The number of nitrogens with two attached hydrogens (primary N) is 1. The first-order valence-corrected chi connectivity index (χ1v) is 6.30. The number of nitrogens with one attached hydrogen (secondary N) is 2. The van der Waals surface area contributed by atoms with Crippen molar-refractivity contribution in [3.63, 3.8) is 0 Å². The molecular formula is C13H11F3N6. The van der Waals surface area contributed by atoms with Gasteiger partial charge in [-0.2, -0.15) is 23.1 Å². The maximum atomic E-state index is 13.0. The van der Waals surface area contributed by atoms with E-state index in [2.05, 4.69) is 25.3 Å². The van der Waals surface area contributed by atoms with Crippen LogP contribution < -0.4 is 11.1 Å². The number of anilines is 2. The van der Waals surface area contributed by atoms with E-state index in [4.69, 9.17) is 5.73 Å². The Balaban J connectivity index is 1.91. The summed E-state index contributed by atoms with van der Waals surface area (Å²) in [6.07, 6.45) is -3.00. The third kappa shape index (κ3) is 2.65. The van der Waals surface area contributed by atoms with Crippen molar-refractivity contribution in [3.05, 3.63) is 41.7 Å². The number of aromatic nitrogens is 4. The molecule has 22 heavy (non-hydrogen) atoms. The SMILES string of the molecule is Nc1nc(NCc2ccccc2C(F)(F)F)c2[nH]cnc2n1. The fourth-order valence-electron chi connectivity index (χ4n) is 2.11. The number of rotatable bonds is 3. The summed E-state index contributed by atoms with van der Waals surface area (Å²) in [5, 5.41) is 2.84. The molecule has 0 radical (unpaired) electrons. The minimum Gasteiger partial charge on any atom is -0.368 e. The predicted octanol–water partition coefficient (Wildman–Crippen LogP) is 2.57. The Morgan fingerprint density at radius 1 is 1.18 bits per heavy atom. The number of aromatic amines is 1. The molecule has 0 aliphatic rings. The molecule has 0 fully saturated rings. The van der Waals surface area contributed by atoms with Crippen LogP contribution in [-0.2, 0) is 12.7 Å². The molecule has 0 aliphatic heterocycles. The second-order valence-corrected chi connectivity index (χ2v) is 4.54. The monoisotopic (exact) mass is 308 g/mol. The van der Waals surface area contributed by atoms with Crippen molar-refractivity contribution in [1.29, 1.82) is 0 Å². The summed E-state index contributed by atoms with van der Waals surface area (Å²) in [6, 6.07) is 5.34. The third-order valence-electron chi connectivity index (χ3n) is 3.07. The highest BCUT2D eigenvalue weighted by Crippen LogP contribution is 2.32. The molecule has 2 heterocycles. The quantitative estimate of drug-likeness (QED) is 0.691. The summed E-state index contributed by atoms with van der Waals surface area (Å²) >= 11 is 0. The first kappa shape index (κ1) is 14.1. The van der Waals surface area contributed by atoms with E-state index >= 15 is 0 Å². The molecule has 0 aliphatic carbocycles. The van der Waals surface area contributed by atoms with E-state index in [1.165, 1.54) is 18.5 Å². The summed E-state index contributed by atoms with van der Waals surface area (Å²) in [5.74, 6) is 0.295. The fraction of sp³-hybridized carbons (Fsp3) is 0.154. The molecule has 0 bridgehead atoms. The van der Waals surface area contributed by atoms with Gasteiger partial charge in [-0.1, -0.05) is 18.2 Å². The number of benzene rings is 1. The molecule has 2 aromatic heterocycles.